The third kappa shape index (κ3) is 2.85. The molecule has 1 saturated heterocycles. The highest BCUT2D eigenvalue weighted by atomic mass is 16.2. The predicted octanol–water partition coefficient (Wildman–Crippen LogP) is 2.91. The van der Waals surface area contributed by atoms with Crippen LogP contribution in [0, 0.1) is 6.92 Å². The van der Waals surface area contributed by atoms with Gasteiger partial charge in [0.1, 0.15) is 11.5 Å². The van der Waals surface area contributed by atoms with Crippen molar-refractivity contribution in [3.8, 4) is 0 Å². The molecule has 0 spiro atoms. The van der Waals surface area contributed by atoms with E-state index in [0.29, 0.717) is 18.8 Å². The lowest BCUT2D eigenvalue weighted by atomic mass is 10.2. The molecule has 5 rings (SSSR count). The zero-order valence-electron chi connectivity index (χ0n) is 15.5. The summed E-state index contributed by atoms with van der Waals surface area (Å²) >= 11 is 0. The summed E-state index contributed by atoms with van der Waals surface area (Å²) in [6.07, 6.45) is 2.52. The Morgan fingerprint density at radius 2 is 2.04 bits per heavy atom. The van der Waals surface area contributed by atoms with E-state index in [4.69, 9.17) is 4.98 Å². The first-order chi connectivity index (χ1) is 13.7. The fourth-order valence-electron chi connectivity index (χ4n) is 3.79. The van der Waals surface area contributed by atoms with Crippen LogP contribution in [0.1, 0.15) is 22.6 Å². The van der Waals surface area contributed by atoms with Crippen LogP contribution in [0.2, 0.25) is 0 Å². The number of carbonyl (C=O) groups is 1. The zero-order chi connectivity index (χ0) is 19.1. The van der Waals surface area contributed by atoms with Crippen molar-refractivity contribution in [3.05, 3.63) is 66.1 Å². The van der Waals surface area contributed by atoms with Gasteiger partial charge in [-0.25, -0.2) is 9.50 Å². The van der Waals surface area contributed by atoms with E-state index in [-0.39, 0.29) is 11.9 Å². The van der Waals surface area contributed by atoms with Gasteiger partial charge in [0.2, 0.25) is 0 Å². The summed E-state index contributed by atoms with van der Waals surface area (Å²) in [5.74, 6) is 0.810. The van der Waals surface area contributed by atoms with Crippen molar-refractivity contribution in [3.63, 3.8) is 0 Å². The van der Waals surface area contributed by atoms with Gasteiger partial charge < -0.3 is 10.2 Å². The third-order valence-electron chi connectivity index (χ3n) is 5.13. The fourth-order valence-corrected chi connectivity index (χ4v) is 3.79. The SMILES string of the molecule is Cc1cc2nc(N[C@@H]3CCN(C(=O)c4ccccn4)C3)c3ccccc3n2n1. The van der Waals surface area contributed by atoms with Gasteiger partial charge in [0, 0.05) is 36.8 Å². The number of hydrogen-bond acceptors (Lipinski definition) is 5. The first kappa shape index (κ1) is 16.7. The van der Waals surface area contributed by atoms with Gasteiger partial charge >= 0.3 is 0 Å². The van der Waals surface area contributed by atoms with Crippen molar-refractivity contribution >= 4 is 28.3 Å². The first-order valence-corrected chi connectivity index (χ1v) is 9.41. The fraction of sp³-hybridized carbons (Fsp3) is 0.238. The maximum Gasteiger partial charge on any atom is 0.272 e. The van der Waals surface area contributed by atoms with Gasteiger partial charge in [-0.3, -0.25) is 9.78 Å². The minimum absolute atomic E-state index is 0.0235. The lowest BCUT2D eigenvalue weighted by Gasteiger charge is -2.18. The van der Waals surface area contributed by atoms with Gasteiger partial charge in [-0.2, -0.15) is 5.10 Å². The molecule has 4 aromatic rings. The molecule has 0 unspecified atom stereocenters. The Morgan fingerprint density at radius 1 is 1.18 bits per heavy atom. The molecule has 0 saturated carbocycles. The van der Waals surface area contributed by atoms with Gasteiger partial charge in [0.05, 0.1) is 11.2 Å². The second kappa shape index (κ2) is 6.60. The number of nitrogens with zero attached hydrogens (tertiary/aromatic N) is 5. The van der Waals surface area contributed by atoms with Crippen molar-refractivity contribution in [1.29, 1.82) is 0 Å². The first-order valence-electron chi connectivity index (χ1n) is 9.41. The Labute approximate surface area is 162 Å². The molecule has 0 aliphatic carbocycles. The number of aryl methyl sites for hydroxylation is 1. The van der Waals surface area contributed by atoms with Crippen molar-refractivity contribution in [2.75, 3.05) is 18.4 Å². The second-order valence-corrected chi connectivity index (χ2v) is 7.13. The lowest BCUT2D eigenvalue weighted by molar-refractivity contribution is 0.0786. The molecule has 1 fully saturated rings. The number of carbonyl (C=O) groups excluding carboxylic acids is 1. The van der Waals surface area contributed by atoms with Crippen molar-refractivity contribution in [2.24, 2.45) is 0 Å². The molecule has 1 atom stereocenters. The van der Waals surface area contributed by atoms with Crippen molar-refractivity contribution in [1.82, 2.24) is 24.5 Å². The molecule has 1 N–H and O–H groups in total. The summed E-state index contributed by atoms with van der Waals surface area (Å²) < 4.78 is 1.88. The van der Waals surface area contributed by atoms with E-state index in [0.717, 1.165) is 34.5 Å². The topological polar surface area (TPSA) is 75.4 Å². The zero-order valence-corrected chi connectivity index (χ0v) is 15.5. The van der Waals surface area contributed by atoms with E-state index in [9.17, 15) is 4.79 Å². The lowest BCUT2D eigenvalue weighted by Crippen LogP contribution is -2.32. The molecular formula is C21H20N6O. The maximum absolute atomic E-state index is 12.6. The van der Waals surface area contributed by atoms with E-state index < -0.39 is 0 Å². The number of benzene rings is 1. The van der Waals surface area contributed by atoms with E-state index >= 15 is 0 Å². The summed E-state index contributed by atoms with van der Waals surface area (Å²) in [6.45, 7) is 3.31. The number of likely N-dealkylation sites (tertiary alicyclic amines) is 1. The molecule has 1 aliphatic rings. The molecular weight excluding hydrogens is 352 g/mol. The molecule has 1 aliphatic heterocycles. The van der Waals surface area contributed by atoms with Gasteiger partial charge in [-0.15, -0.1) is 0 Å². The Hall–Kier alpha value is -3.48. The molecule has 7 nitrogen and oxygen atoms in total. The number of fused-ring (bicyclic) bond motifs is 3. The Balaban J connectivity index is 1.42. The minimum atomic E-state index is -0.0235. The number of anilines is 1. The van der Waals surface area contributed by atoms with Crippen LogP contribution in [0.3, 0.4) is 0 Å². The molecule has 1 amide bonds. The number of aromatic nitrogens is 4. The summed E-state index contributed by atoms with van der Waals surface area (Å²) in [5, 5.41) is 9.13. The monoisotopic (exact) mass is 372 g/mol. The summed E-state index contributed by atoms with van der Waals surface area (Å²) in [4.78, 5) is 23.5. The quantitative estimate of drug-likeness (QED) is 0.598. The molecule has 0 bridgehead atoms. The highest BCUT2D eigenvalue weighted by Crippen LogP contribution is 2.25. The maximum atomic E-state index is 12.6. The normalized spacial score (nSPS) is 16.8. The number of para-hydroxylation sites is 1. The van der Waals surface area contributed by atoms with Crippen LogP contribution in [0.25, 0.3) is 16.6 Å². The average molecular weight is 372 g/mol. The molecule has 1 aromatic carbocycles. The van der Waals surface area contributed by atoms with E-state index in [1.165, 1.54) is 0 Å². The number of hydrogen-bond donors (Lipinski definition) is 1. The van der Waals surface area contributed by atoms with Crippen molar-refractivity contribution in [2.45, 2.75) is 19.4 Å². The van der Waals surface area contributed by atoms with Crippen LogP contribution >= 0.6 is 0 Å². The smallest absolute Gasteiger partial charge is 0.272 e. The number of nitrogens with one attached hydrogen (secondary N) is 1. The third-order valence-corrected chi connectivity index (χ3v) is 5.13. The van der Waals surface area contributed by atoms with Crippen LogP contribution in [0.15, 0.2) is 54.7 Å². The summed E-state index contributed by atoms with van der Waals surface area (Å²) in [7, 11) is 0. The van der Waals surface area contributed by atoms with E-state index in [1.54, 1.807) is 12.3 Å². The Morgan fingerprint density at radius 3 is 2.89 bits per heavy atom. The highest BCUT2D eigenvalue weighted by Gasteiger charge is 2.28. The van der Waals surface area contributed by atoms with Gasteiger partial charge in [-0.05, 0) is 37.6 Å². The largest absolute Gasteiger partial charge is 0.365 e. The van der Waals surface area contributed by atoms with Crippen LogP contribution < -0.4 is 5.32 Å². The van der Waals surface area contributed by atoms with Crippen LogP contribution in [-0.2, 0) is 0 Å². The highest BCUT2D eigenvalue weighted by molar-refractivity contribution is 5.93. The average Bonchev–Trinajstić information content (AvgIpc) is 3.34. The number of amides is 1. The molecule has 28 heavy (non-hydrogen) atoms. The number of pyridine rings is 1. The van der Waals surface area contributed by atoms with Gasteiger partial charge in [0.15, 0.2) is 5.65 Å². The molecule has 7 heteroatoms. The Kier molecular flexibility index (Phi) is 3.93. The van der Waals surface area contributed by atoms with Crippen LogP contribution in [-0.4, -0.2) is 49.5 Å². The van der Waals surface area contributed by atoms with Crippen molar-refractivity contribution < 1.29 is 4.79 Å². The number of rotatable bonds is 3. The predicted molar refractivity (Wildman–Crippen MR) is 107 cm³/mol. The second-order valence-electron chi connectivity index (χ2n) is 7.13. The van der Waals surface area contributed by atoms with E-state index in [2.05, 4.69) is 15.4 Å². The summed E-state index contributed by atoms with van der Waals surface area (Å²) in [5.41, 5.74) is 3.26. The standard InChI is InChI=1S/C21H20N6O/c1-14-12-19-24-20(16-6-2-3-8-18(16)27(19)25-14)23-15-9-11-26(13-15)21(28)17-7-4-5-10-22-17/h2-8,10,12,15H,9,11,13H2,1H3,(H,23,24)/t15-/m1/s1. The van der Waals surface area contributed by atoms with E-state index in [1.807, 2.05) is 58.8 Å². The Bertz CT molecular complexity index is 1170. The summed E-state index contributed by atoms with van der Waals surface area (Å²) in [6, 6.07) is 15.6. The van der Waals surface area contributed by atoms with Gasteiger partial charge in [-0.1, -0.05) is 18.2 Å². The molecule has 3 aromatic heterocycles. The minimum Gasteiger partial charge on any atom is -0.365 e. The van der Waals surface area contributed by atoms with Gasteiger partial charge in [0.25, 0.3) is 5.91 Å². The van der Waals surface area contributed by atoms with Crippen LogP contribution in [0.4, 0.5) is 5.82 Å². The molecule has 4 heterocycles. The van der Waals surface area contributed by atoms with Crippen LogP contribution in [0.5, 0.6) is 0 Å². The molecule has 140 valence electrons. The molecule has 0 radical (unpaired) electrons.